The predicted molar refractivity (Wildman–Crippen MR) is 83.8 cm³/mol. The molecule has 1 aliphatic carbocycles. The van der Waals surface area contributed by atoms with E-state index in [1.165, 1.54) is 32.1 Å². The minimum atomic E-state index is 0.0522. The highest BCUT2D eigenvalue weighted by atomic mass is 16.1. The number of fused-ring (bicyclic) bond motifs is 1. The number of anilines is 1. The second-order valence-corrected chi connectivity index (χ2v) is 5.91. The van der Waals surface area contributed by atoms with Crippen molar-refractivity contribution in [2.75, 3.05) is 5.73 Å². The second kappa shape index (κ2) is 5.70. The Balaban J connectivity index is 1.85. The topological polar surface area (TPSA) is 48.0 Å². The van der Waals surface area contributed by atoms with Crippen LogP contribution in [0.1, 0.15) is 38.5 Å². The zero-order valence-electron chi connectivity index (χ0n) is 11.8. The Labute approximate surface area is 119 Å². The molecule has 3 rings (SSSR count). The van der Waals surface area contributed by atoms with Crippen LogP contribution in [-0.2, 0) is 6.54 Å². The van der Waals surface area contributed by atoms with Crippen LogP contribution in [0.5, 0.6) is 0 Å². The summed E-state index contributed by atoms with van der Waals surface area (Å²) in [7, 11) is 0. The van der Waals surface area contributed by atoms with Gasteiger partial charge in [-0.1, -0.05) is 50.3 Å². The maximum absolute atomic E-state index is 12.5. The molecule has 1 fully saturated rings. The fourth-order valence-electron chi connectivity index (χ4n) is 3.34. The van der Waals surface area contributed by atoms with Crippen LogP contribution < -0.4 is 11.3 Å². The summed E-state index contributed by atoms with van der Waals surface area (Å²) in [5.74, 6) is 1.35. The van der Waals surface area contributed by atoms with Crippen LogP contribution in [0.4, 0.5) is 5.82 Å². The number of hydrogen-bond donors (Lipinski definition) is 1. The molecule has 3 heteroatoms. The maximum Gasteiger partial charge on any atom is 0.259 e. The summed E-state index contributed by atoms with van der Waals surface area (Å²) in [5.41, 5.74) is 6.12. The maximum atomic E-state index is 12.5. The lowest BCUT2D eigenvalue weighted by molar-refractivity contribution is 0.323. The Morgan fingerprint density at radius 2 is 1.90 bits per heavy atom. The van der Waals surface area contributed by atoms with Gasteiger partial charge in [-0.25, -0.2) is 0 Å². The molecule has 1 heterocycles. The van der Waals surface area contributed by atoms with Gasteiger partial charge in [0.1, 0.15) is 5.82 Å². The highest BCUT2D eigenvalue weighted by Crippen LogP contribution is 2.27. The molecule has 0 bridgehead atoms. The number of benzene rings is 1. The zero-order chi connectivity index (χ0) is 13.9. The van der Waals surface area contributed by atoms with Crippen molar-refractivity contribution in [1.29, 1.82) is 0 Å². The average Bonchev–Trinajstić information content (AvgIpc) is 2.48. The van der Waals surface area contributed by atoms with Gasteiger partial charge in [0.2, 0.25) is 0 Å². The number of rotatable bonds is 3. The van der Waals surface area contributed by atoms with Crippen LogP contribution in [0.15, 0.2) is 35.1 Å². The summed E-state index contributed by atoms with van der Waals surface area (Å²) in [6.45, 7) is 0.750. The molecular formula is C17H22N2O. The van der Waals surface area contributed by atoms with Crippen molar-refractivity contribution in [2.24, 2.45) is 5.92 Å². The van der Waals surface area contributed by atoms with Crippen molar-refractivity contribution < 1.29 is 0 Å². The molecule has 0 aliphatic heterocycles. The molecule has 0 atom stereocenters. The van der Waals surface area contributed by atoms with E-state index in [1.54, 1.807) is 4.57 Å². The number of hydrogen-bond acceptors (Lipinski definition) is 2. The third kappa shape index (κ3) is 2.58. The fourth-order valence-corrected chi connectivity index (χ4v) is 3.34. The number of nitrogens with zero attached hydrogens (tertiary/aromatic N) is 1. The molecule has 1 saturated carbocycles. The molecule has 0 spiro atoms. The van der Waals surface area contributed by atoms with Crippen molar-refractivity contribution in [2.45, 2.75) is 45.1 Å². The first kappa shape index (κ1) is 13.2. The van der Waals surface area contributed by atoms with Crippen LogP contribution in [0.25, 0.3) is 10.8 Å². The van der Waals surface area contributed by atoms with Gasteiger partial charge in [-0.15, -0.1) is 0 Å². The monoisotopic (exact) mass is 270 g/mol. The molecule has 0 unspecified atom stereocenters. The van der Waals surface area contributed by atoms with Gasteiger partial charge < -0.3 is 5.73 Å². The van der Waals surface area contributed by atoms with Crippen molar-refractivity contribution >= 4 is 16.6 Å². The molecule has 0 radical (unpaired) electrons. The third-order valence-corrected chi connectivity index (χ3v) is 4.54. The largest absolute Gasteiger partial charge is 0.385 e. The van der Waals surface area contributed by atoms with Crippen LogP contribution in [0.3, 0.4) is 0 Å². The van der Waals surface area contributed by atoms with E-state index in [-0.39, 0.29) is 5.56 Å². The van der Waals surface area contributed by atoms with Crippen LogP contribution in [0.2, 0.25) is 0 Å². The lowest BCUT2D eigenvalue weighted by Crippen LogP contribution is -2.24. The standard InChI is InChI=1S/C17H22N2O/c18-16-12-14-8-4-5-9-15(14)17(20)19(16)11-10-13-6-2-1-3-7-13/h4-5,8-9,12-13H,1-3,6-7,10-11,18H2. The molecule has 1 aliphatic rings. The quantitative estimate of drug-likeness (QED) is 0.927. The lowest BCUT2D eigenvalue weighted by Gasteiger charge is -2.22. The first-order chi connectivity index (χ1) is 9.75. The van der Waals surface area contributed by atoms with E-state index in [0.717, 1.165) is 29.7 Å². The SMILES string of the molecule is Nc1cc2ccccc2c(=O)n1CCC1CCCCC1. The summed E-state index contributed by atoms with van der Waals surface area (Å²) in [6.07, 6.45) is 7.74. The van der Waals surface area contributed by atoms with Crippen LogP contribution >= 0.6 is 0 Å². The summed E-state index contributed by atoms with van der Waals surface area (Å²) >= 11 is 0. The molecule has 1 aromatic heterocycles. The molecule has 1 aromatic carbocycles. The molecule has 20 heavy (non-hydrogen) atoms. The highest BCUT2D eigenvalue weighted by Gasteiger charge is 2.14. The third-order valence-electron chi connectivity index (χ3n) is 4.54. The molecule has 2 N–H and O–H groups in total. The van der Waals surface area contributed by atoms with E-state index in [4.69, 9.17) is 5.73 Å². The summed E-state index contributed by atoms with van der Waals surface area (Å²) < 4.78 is 1.75. The normalized spacial score (nSPS) is 16.6. The van der Waals surface area contributed by atoms with Crippen molar-refractivity contribution in [1.82, 2.24) is 4.57 Å². The highest BCUT2D eigenvalue weighted by molar-refractivity contribution is 5.83. The van der Waals surface area contributed by atoms with Gasteiger partial charge in [0.05, 0.1) is 0 Å². The summed E-state index contributed by atoms with van der Waals surface area (Å²) in [4.78, 5) is 12.5. The first-order valence-electron chi connectivity index (χ1n) is 7.64. The van der Waals surface area contributed by atoms with Crippen molar-refractivity contribution in [3.05, 3.63) is 40.7 Å². The zero-order valence-corrected chi connectivity index (χ0v) is 11.8. The molecule has 0 saturated heterocycles. The van der Waals surface area contributed by atoms with Gasteiger partial charge in [-0.2, -0.15) is 0 Å². The molecule has 0 amide bonds. The fraction of sp³-hybridized carbons (Fsp3) is 0.471. The summed E-state index contributed by atoms with van der Waals surface area (Å²) in [5, 5.41) is 1.70. The smallest absolute Gasteiger partial charge is 0.259 e. The molecular weight excluding hydrogens is 248 g/mol. The molecule has 106 valence electrons. The molecule has 3 nitrogen and oxygen atoms in total. The number of pyridine rings is 1. The minimum absolute atomic E-state index is 0.0522. The number of nitrogens with two attached hydrogens (primary N) is 1. The van der Waals surface area contributed by atoms with Gasteiger partial charge in [0, 0.05) is 11.9 Å². The van der Waals surface area contributed by atoms with E-state index in [2.05, 4.69) is 0 Å². The van der Waals surface area contributed by atoms with E-state index in [9.17, 15) is 4.79 Å². The Kier molecular flexibility index (Phi) is 3.77. The average molecular weight is 270 g/mol. The van der Waals surface area contributed by atoms with Crippen molar-refractivity contribution in [3.63, 3.8) is 0 Å². The molecule has 2 aromatic rings. The summed E-state index contributed by atoms with van der Waals surface area (Å²) in [6, 6.07) is 9.59. The Hall–Kier alpha value is -1.77. The minimum Gasteiger partial charge on any atom is -0.385 e. The lowest BCUT2D eigenvalue weighted by atomic mass is 9.87. The van der Waals surface area contributed by atoms with Gasteiger partial charge in [-0.05, 0) is 29.9 Å². The van der Waals surface area contributed by atoms with Crippen LogP contribution in [0, 0.1) is 5.92 Å². The van der Waals surface area contributed by atoms with Gasteiger partial charge >= 0.3 is 0 Å². The Morgan fingerprint density at radius 3 is 2.70 bits per heavy atom. The Morgan fingerprint density at radius 1 is 1.15 bits per heavy atom. The van der Waals surface area contributed by atoms with Crippen LogP contribution in [-0.4, -0.2) is 4.57 Å². The van der Waals surface area contributed by atoms with E-state index in [1.807, 2.05) is 30.3 Å². The second-order valence-electron chi connectivity index (χ2n) is 5.91. The van der Waals surface area contributed by atoms with Crippen molar-refractivity contribution in [3.8, 4) is 0 Å². The number of aromatic nitrogens is 1. The van der Waals surface area contributed by atoms with Gasteiger partial charge in [0.25, 0.3) is 5.56 Å². The number of nitrogen functional groups attached to an aromatic ring is 1. The van der Waals surface area contributed by atoms with Gasteiger partial charge in [0.15, 0.2) is 0 Å². The van der Waals surface area contributed by atoms with E-state index >= 15 is 0 Å². The van der Waals surface area contributed by atoms with E-state index in [0.29, 0.717) is 5.82 Å². The Bertz CT molecular complexity index is 654. The van der Waals surface area contributed by atoms with E-state index < -0.39 is 0 Å². The first-order valence-corrected chi connectivity index (χ1v) is 7.64. The van der Waals surface area contributed by atoms with Gasteiger partial charge in [-0.3, -0.25) is 9.36 Å². The predicted octanol–water partition coefficient (Wildman–Crippen LogP) is 3.55.